The van der Waals surface area contributed by atoms with Crippen molar-refractivity contribution in [2.45, 2.75) is 32.2 Å². The van der Waals surface area contributed by atoms with E-state index >= 15 is 0 Å². The summed E-state index contributed by atoms with van der Waals surface area (Å²) in [6.45, 7) is 5.44. The summed E-state index contributed by atoms with van der Waals surface area (Å²) in [5.41, 5.74) is 1.95. The number of carbonyl (C=O) groups is 1. The van der Waals surface area contributed by atoms with E-state index in [2.05, 4.69) is 18.7 Å². The van der Waals surface area contributed by atoms with Crippen molar-refractivity contribution in [3.05, 3.63) is 34.9 Å². The van der Waals surface area contributed by atoms with Crippen molar-refractivity contribution in [2.24, 2.45) is 0 Å². The average Bonchev–Trinajstić information content (AvgIpc) is 2.66. The predicted molar refractivity (Wildman–Crippen MR) is 78.8 cm³/mol. The topological polar surface area (TPSA) is 40.5 Å². The second-order valence-electron chi connectivity index (χ2n) is 5.45. The van der Waals surface area contributed by atoms with Crippen LogP contribution in [0.3, 0.4) is 0 Å². The first-order valence-electron chi connectivity index (χ1n) is 6.38. The van der Waals surface area contributed by atoms with Gasteiger partial charge in [0.2, 0.25) is 0 Å². The van der Waals surface area contributed by atoms with Gasteiger partial charge in [-0.25, -0.2) is 4.79 Å². The molecule has 1 heterocycles. The fourth-order valence-electron chi connectivity index (χ4n) is 2.57. The molecule has 2 rings (SSSR count). The van der Waals surface area contributed by atoms with E-state index in [4.69, 9.17) is 16.7 Å². The van der Waals surface area contributed by atoms with Gasteiger partial charge in [0.25, 0.3) is 0 Å². The molecule has 1 N–H and O–H groups in total. The molecule has 0 aromatic heterocycles. The highest BCUT2D eigenvalue weighted by Gasteiger charge is 2.32. The average molecular weight is 280 g/mol. The summed E-state index contributed by atoms with van der Waals surface area (Å²) in [6.07, 6.45) is 4.99. The normalized spacial score (nSPS) is 18.2. The maximum absolute atomic E-state index is 10.5. The largest absolute Gasteiger partial charge is 0.478 e. The minimum absolute atomic E-state index is 0.127. The van der Waals surface area contributed by atoms with E-state index in [1.165, 1.54) is 6.42 Å². The molecule has 1 fully saturated rings. The number of benzene rings is 1. The van der Waals surface area contributed by atoms with Crippen molar-refractivity contribution in [3.8, 4) is 0 Å². The van der Waals surface area contributed by atoms with E-state index in [1.54, 1.807) is 6.08 Å². The molecule has 0 atom stereocenters. The summed E-state index contributed by atoms with van der Waals surface area (Å²) in [5.74, 6) is -0.958. The zero-order valence-corrected chi connectivity index (χ0v) is 11.9. The SMILES string of the molecule is CC1(C)CCCN1c1ccc(/C=C/C(=O)O)cc1Cl. The quantitative estimate of drug-likeness (QED) is 0.855. The van der Waals surface area contributed by atoms with Gasteiger partial charge < -0.3 is 10.0 Å². The van der Waals surface area contributed by atoms with Crippen LogP contribution in [0.1, 0.15) is 32.3 Å². The second-order valence-corrected chi connectivity index (χ2v) is 5.86. The summed E-state index contributed by atoms with van der Waals surface area (Å²) < 4.78 is 0. The highest BCUT2D eigenvalue weighted by molar-refractivity contribution is 6.33. The molecule has 1 aliphatic rings. The molecule has 0 spiro atoms. The lowest BCUT2D eigenvalue weighted by Crippen LogP contribution is -2.38. The van der Waals surface area contributed by atoms with Crippen LogP contribution in [0.5, 0.6) is 0 Å². The minimum atomic E-state index is -0.958. The molecule has 4 heteroatoms. The predicted octanol–water partition coefficient (Wildman–Crippen LogP) is 3.82. The maximum Gasteiger partial charge on any atom is 0.328 e. The van der Waals surface area contributed by atoms with Gasteiger partial charge in [0.15, 0.2) is 0 Å². The zero-order valence-electron chi connectivity index (χ0n) is 11.2. The first-order valence-corrected chi connectivity index (χ1v) is 6.76. The summed E-state index contributed by atoms with van der Waals surface area (Å²) in [7, 11) is 0. The molecule has 19 heavy (non-hydrogen) atoms. The van der Waals surface area contributed by atoms with Gasteiger partial charge in [0, 0.05) is 18.2 Å². The molecule has 3 nitrogen and oxygen atoms in total. The number of hydrogen-bond donors (Lipinski definition) is 1. The van der Waals surface area contributed by atoms with Gasteiger partial charge in [-0.3, -0.25) is 0 Å². The first kappa shape index (κ1) is 13.9. The number of anilines is 1. The van der Waals surface area contributed by atoms with Gasteiger partial charge in [-0.05, 0) is 50.5 Å². The van der Waals surface area contributed by atoms with Crippen molar-refractivity contribution >= 4 is 29.3 Å². The zero-order chi connectivity index (χ0) is 14.0. The molecule has 0 saturated carbocycles. The molecule has 0 aliphatic carbocycles. The Morgan fingerprint density at radius 1 is 1.47 bits per heavy atom. The standard InChI is InChI=1S/C15H18ClNO2/c1-15(2)8-3-9-17(15)13-6-4-11(10-12(13)16)5-7-14(18)19/h4-7,10H,3,8-9H2,1-2H3,(H,18,19)/b7-5+. The number of halogens is 1. The molecular weight excluding hydrogens is 262 g/mol. The first-order chi connectivity index (χ1) is 8.90. The Kier molecular flexibility index (Phi) is 3.85. The Labute approximate surface area is 118 Å². The third-order valence-corrected chi connectivity index (χ3v) is 3.88. The Hall–Kier alpha value is -1.48. The third-order valence-electron chi connectivity index (χ3n) is 3.58. The molecule has 0 unspecified atom stereocenters. The van der Waals surface area contributed by atoms with Gasteiger partial charge in [-0.15, -0.1) is 0 Å². The summed E-state index contributed by atoms with van der Waals surface area (Å²) >= 11 is 6.33. The van der Waals surface area contributed by atoms with Crippen molar-refractivity contribution in [3.63, 3.8) is 0 Å². The van der Waals surface area contributed by atoms with Gasteiger partial charge in [0.1, 0.15) is 0 Å². The highest BCUT2D eigenvalue weighted by Crippen LogP contribution is 2.37. The number of aliphatic carboxylic acids is 1. The van der Waals surface area contributed by atoms with Crippen LogP contribution in [0.15, 0.2) is 24.3 Å². The second kappa shape index (κ2) is 5.25. The van der Waals surface area contributed by atoms with E-state index in [0.717, 1.165) is 30.3 Å². The van der Waals surface area contributed by atoms with E-state index in [-0.39, 0.29) is 5.54 Å². The van der Waals surface area contributed by atoms with Gasteiger partial charge in [-0.2, -0.15) is 0 Å². The molecule has 1 saturated heterocycles. The molecule has 1 aliphatic heterocycles. The minimum Gasteiger partial charge on any atom is -0.478 e. The lowest BCUT2D eigenvalue weighted by molar-refractivity contribution is -0.131. The monoisotopic (exact) mass is 279 g/mol. The number of hydrogen-bond acceptors (Lipinski definition) is 2. The summed E-state index contributed by atoms with van der Waals surface area (Å²) in [5, 5.41) is 9.28. The molecule has 0 bridgehead atoms. The molecule has 0 amide bonds. The van der Waals surface area contributed by atoms with Crippen LogP contribution in [-0.4, -0.2) is 23.2 Å². The van der Waals surface area contributed by atoms with Crippen LogP contribution in [-0.2, 0) is 4.79 Å². The fourth-order valence-corrected chi connectivity index (χ4v) is 2.86. The van der Waals surface area contributed by atoms with Gasteiger partial charge in [0.05, 0.1) is 10.7 Å². The molecule has 1 aromatic carbocycles. The number of rotatable bonds is 3. The molecule has 1 aromatic rings. The number of nitrogens with zero attached hydrogens (tertiary/aromatic N) is 1. The van der Waals surface area contributed by atoms with Crippen LogP contribution in [0.2, 0.25) is 5.02 Å². The van der Waals surface area contributed by atoms with Crippen LogP contribution < -0.4 is 4.90 Å². The van der Waals surface area contributed by atoms with Crippen molar-refractivity contribution < 1.29 is 9.90 Å². The Bertz CT molecular complexity index is 523. The Balaban J connectivity index is 2.27. The van der Waals surface area contributed by atoms with E-state index in [0.29, 0.717) is 5.02 Å². The summed E-state index contributed by atoms with van der Waals surface area (Å²) in [6, 6.07) is 5.68. The van der Waals surface area contributed by atoms with Crippen molar-refractivity contribution in [1.29, 1.82) is 0 Å². The van der Waals surface area contributed by atoms with Crippen molar-refractivity contribution in [1.82, 2.24) is 0 Å². The van der Waals surface area contributed by atoms with Crippen LogP contribution in [0, 0.1) is 0 Å². The van der Waals surface area contributed by atoms with E-state index in [1.807, 2.05) is 18.2 Å². The lowest BCUT2D eigenvalue weighted by Gasteiger charge is -2.34. The van der Waals surface area contributed by atoms with E-state index in [9.17, 15) is 4.79 Å². The highest BCUT2D eigenvalue weighted by atomic mass is 35.5. The Morgan fingerprint density at radius 2 is 2.21 bits per heavy atom. The smallest absolute Gasteiger partial charge is 0.328 e. The van der Waals surface area contributed by atoms with Gasteiger partial charge in [-0.1, -0.05) is 17.7 Å². The van der Waals surface area contributed by atoms with E-state index < -0.39 is 5.97 Å². The number of carboxylic acids is 1. The molecular formula is C15H18ClNO2. The summed E-state index contributed by atoms with van der Waals surface area (Å²) in [4.78, 5) is 12.8. The number of carboxylic acid groups (broad SMARTS) is 1. The third kappa shape index (κ3) is 3.10. The van der Waals surface area contributed by atoms with Crippen LogP contribution in [0.4, 0.5) is 5.69 Å². The van der Waals surface area contributed by atoms with Crippen LogP contribution >= 0.6 is 11.6 Å². The molecule has 102 valence electrons. The van der Waals surface area contributed by atoms with Gasteiger partial charge >= 0.3 is 5.97 Å². The lowest BCUT2D eigenvalue weighted by atomic mass is 10.0. The maximum atomic E-state index is 10.5. The Morgan fingerprint density at radius 3 is 2.74 bits per heavy atom. The molecule has 0 radical (unpaired) electrons. The van der Waals surface area contributed by atoms with Crippen LogP contribution in [0.25, 0.3) is 6.08 Å². The fraction of sp³-hybridized carbons (Fsp3) is 0.400. The van der Waals surface area contributed by atoms with Crippen molar-refractivity contribution in [2.75, 3.05) is 11.4 Å².